The number of nitrogens with zero attached hydrogens (tertiary/aromatic N) is 1. The van der Waals surface area contributed by atoms with Crippen LogP contribution in [-0.2, 0) is 5.75 Å². The molecule has 2 aromatic rings. The predicted octanol–water partition coefficient (Wildman–Crippen LogP) is 4.14. The van der Waals surface area contributed by atoms with Gasteiger partial charge in [0, 0.05) is 16.8 Å². The molecule has 1 heterocycles. The Kier molecular flexibility index (Phi) is 3.80. The van der Waals surface area contributed by atoms with Crippen molar-refractivity contribution >= 4 is 27.7 Å². The molecule has 1 aromatic heterocycles. The lowest BCUT2D eigenvalue weighted by Crippen LogP contribution is -1.82. The van der Waals surface area contributed by atoms with Crippen LogP contribution in [0, 0.1) is 0 Å². The number of halogens is 1. The van der Waals surface area contributed by atoms with Crippen LogP contribution in [0.2, 0.25) is 0 Å². The maximum Gasteiger partial charge on any atom is 0.106 e. The van der Waals surface area contributed by atoms with E-state index in [0.717, 1.165) is 10.4 Å². The molecule has 76 valence electrons. The lowest BCUT2D eigenvalue weighted by molar-refractivity contribution is 1.21. The van der Waals surface area contributed by atoms with E-state index in [2.05, 4.69) is 51.2 Å². The minimum Gasteiger partial charge on any atom is -0.249 e. The molecule has 2 rings (SSSR count). The molecule has 0 fully saturated rings. The van der Waals surface area contributed by atoms with Gasteiger partial charge in [-0.1, -0.05) is 24.3 Å². The molecule has 3 heteroatoms. The zero-order valence-corrected chi connectivity index (χ0v) is 10.5. The van der Waals surface area contributed by atoms with Gasteiger partial charge in [-0.3, -0.25) is 0 Å². The van der Waals surface area contributed by atoms with E-state index in [4.69, 9.17) is 0 Å². The quantitative estimate of drug-likeness (QED) is 0.619. The molecule has 0 saturated heterocycles. The molecule has 0 bridgehead atoms. The van der Waals surface area contributed by atoms with Crippen molar-refractivity contribution in [3.63, 3.8) is 0 Å². The van der Waals surface area contributed by atoms with E-state index in [1.54, 1.807) is 0 Å². The summed E-state index contributed by atoms with van der Waals surface area (Å²) in [6.07, 6.45) is 1.90. The molecule has 0 amide bonds. The van der Waals surface area contributed by atoms with Crippen molar-refractivity contribution in [1.82, 2.24) is 4.98 Å². The van der Waals surface area contributed by atoms with Gasteiger partial charge in [0.1, 0.15) is 4.60 Å². The Morgan fingerprint density at radius 3 is 2.53 bits per heavy atom. The number of benzene rings is 1. The van der Waals surface area contributed by atoms with E-state index in [1.807, 2.05) is 30.1 Å². The highest BCUT2D eigenvalue weighted by Gasteiger charge is 1.96. The number of pyridine rings is 1. The van der Waals surface area contributed by atoms with Gasteiger partial charge in [0.15, 0.2) is 0 Å². The van der Waals surface area contributed by atoms with Gasteiger partial charge in [0.05, 0.1) is 0 Å². The molecule has 0 aliphatic rings. The predicted molar refractivity (Wildman–Crippen MR) is 67.9 cm³/mol. The molecular weight excluding hydrogens is 270 g/mol. The Labute approximate surface area is 102 Å². The molecule has 1 aromatic carbocycles. The summed E-state index contributed by atoms with van der Waals surface area (Å²) in [7, 11) is 0. The monoisotopic (exact) mass is 279 g/mol. The average molecular weight is 280 g/mol. The second kappa shape index (κ2) is 5.33. The summed E-state index contributed by atoms with van der Waals surface area (Å²) in [4.78, 5) is 5.49. The highest BCUT2D eigenvalue weighted by Crippen LogP contribution is 2.22. The maximum atomic E-state index is 4.19. The summed E-state index contributed by atoms with van der Waals surface area (Å²) in [6.45, 7) is 0. The third-order valence-electron chi connectivity index (χ3n) is 1.94. The van der Waals surface area contributed by atoms with Crippen LogP contribution in [0.5, 0.6) is 0 Å². The third-order valence-corrected chi connectivity index (χ3v) is 3.49. The van der Waals surface area contributed by atoms with Crippen molar-refractivity contribution in [2.45, 2.75) is 10.6 Å². The van der Waals surface area contributed by atoms with Gasteiger partial charge in [0.2, 0.25) is 0 Å². The number of thioether (sulfide) groups is 1. The first-order valence-electron chi connectivity index (χ1n) is 4.63. The molecule has 0 radical (unpaired) electrons. The van der Waals surface area contributed by atoms with Gasteiger partial charge in [0.25, 0.3) is 0 Å². The van der Waals surface area contributed by atoms with Crippen LogP contribution in [0.25, 0.3) is 0 Å². The number of hydrogen-bond donors (Lipinski definition) is 0. The molecule has 0 saturated carbocycles. The van der Waals surface area contributed by atoms with Gasteiger partial charge in [-0.2, -0.15) is 0 Å². The van der Waals surface area contributed by atoms with Crippen molar-refractivity contribution in [2.24, 2.45) is 0 Å². The van der Waals surface area contributed by atoms with E-state index < -0.39 is 0 Å². The molecule has 0 aliphatic heterocycles. The van der Waals surface area contributed by atoms with Crippen molar-refractivity contribution in [3.05, 3.63) is 58.8 Å². The molecule has 0 unspecified atom stereocenters. The van der Waals surface area contributed by atoms with E-state index in [1.165, 1.54) is 10.5 Å². The highest BCUT2D eigenvalue weighted by atomic mass is 79.9. The van der Waals surface area contributed by atoms with Crippen molar-refractivity contribution in [3.8, 4) is 0 Å². The standard InChI is InChI=1S/C12H10BrNS/c13-12-7-6-10(8-14-12)9-15-11-4-2-1-3-5-11/h1-8H,9H2. The van der Waals surface area contributed by atoms with Crippen molar-refractivity contribution in [1.29, 1.82) is 0 Å². The van der Waals surface area contributed by atoms with Crippen molar-refractivity contribution < 1.29 is 0 Å². The van der Waals surface area contributed by atoms with Gasteiger partial charge >= 0.3 is 0 Å². The first-order chi connectivity index (χ1) is 7.34. The second-order valence-corrected chi connectivity index (χ2v) is 4.95. The Balaban J connectivity index is 1.96. The summed E-state index contributed by atoms with van der Waals surface area (Å²) < 4.78 is 0.885. The van der Waals surface area contributed by atoms with Crippen LogP contribution in [0.15, 0.2) is 58.2 Å². The smallest absolute Gasteiger partial charge is 0.106 e. The molecular formula is C12H10BrNS. The molecule has 1 nitrogen and oxygen atoms in total. The first kappa shape index (κ1) is 10.7. The van der Waals surface area contributed by atoms with E-state index in [0.29, 0.717) is 0 Å². The largest absolute Gasteiger partial charge is 0.249 e. The number of hydrogen-bond acceptors (Lipinski definition) is 2. The molecule has 15 heavy (non-hydrogen) atoms. The van der Waals surface area contributed by atoms with Gasteiger partial charge in [-0.05, 0) is 39.7 Å². The molecule has 0 aliphatic carbocycles. The maximum absolute atomic E-state index is 4.19. The third kappa shape index (κ3) is 3.36. The average Bonchev–Trinajstić information content (AvgIpc) is 2.30. The normalized spacial score (nSPS) is 10.2. The first-order valence-corrected chi connectivity index (χ1v) is 6.41. The van der Waals surface area contributed by atoms with Crippen LogP contribution >= 0.6 is 27.7 Å². The molecule has 0 N–H and O–H groups in total. The van der Waals surface area contributed by atoms with Crippen molar-refractivity contribution in [2.75, 3.05) is 0 Å². The Bertz CT molecular complexity index is 413. The fourth-order valence-electron chi connectivity index (χ4n) is 1.18. The summed E-state index contributed by atoms with van der Waals surface area (Å²) in [5.74, 6) is 0.963. The van der Waals surface area contributed by atoms with Gasteiger partial charge < -0.3 is 0 Å². The summed E-state index contributed by atoms with van der Waals surface area (Å²) in [6, 6.07) is 14.5. The molecule has 0 spiro atoms. The van der Waals surface area contributed by atoms with E-state index >= 15 is 0 Å². The molecule has 0 atom stereocenters. The fourth-order valence-corrected chi connectivity index (χ4v) is 2.26. The zero-order chi connectivity index (χ0) is 10.5. The lowest BCUT2D eigenvalue weighted by atomic mass is 10.3. The van der Waals surface area contributed by atoms with Crippen LogP contribution in [0.4, 0.5) is 0 Å². The van der Waals surface area contributed by atoms with Crippen LogP contribution in [-0.4, -0.2) is 4.98 Å². The lowest BCUT2D eigenvalue weighted by Gasteiger charge is -2.01. The Morgan fingerprint density at radius 1 is 1.07 bits per heavy atom. The Hall–Kier alpha value is -0.800. The zero-order valence-electron chi connectivity index (χ0n) is 8.06. The van der Waals surface area contributed by atoms with Crippen LogP contribution in [0.3, 0.4) is 0 Å². The second-order valence-electron chi connectivity index (χ2n) is 3.09. The summed E-state index contributed by atoms with van der Waals surface area (Å²) in [5, 5.41) is 0. The van der Waals surface area contributed by atoms with Gasteiger partial charge in [-0.15, -0.1) is 11.8 Å². The van der Waals surface area contributed by atoms with E-state index in [9.17, 15) is 0 Å². The summed E-state index contributed by atoms with van der Waals surface area (Å²) >= 11 is 5.15. The highest BCUT2D eigenvalue weighted by molar-refractivity contribution is 9.10. The summed E-state index contributed by atoms with van der Waals surface area (Å²) in [5.41, 5.74) is 1.24. The van der Waals surface area contributed by atoms with Crippen LogP contribution in [0.1, 0.15) is 5.56 Å². The SMILES string of the molecule is Brc1ccc(CSc2ccccc2)cn1. The van der Waals surface area contributed by atoms with Gasteiger partial charge in [-0.25, -0.2) is 4.98 Å². The van der Waals surface area contributed by atoms with E-state index in [-0.39, 0.29) is 0 Å². The topological polar surface area (TPSA) is 12.9 Å². The minimum atomic E-state index is 0.885. The fraction of sp³-hybridized carbons (Fsp3) is 0.0833. The number of aromatic nitrogens is 1. The Morgan fingerprint density at radius 2 is 1.87 bits per heavy atom. The van der Waals surface area contributed by atoms with Crippen LogP contribution < -0.4 is 0 Å². The minimum absolute atomic E-state index is 0.885. The number of rotatable bonds is 3.